The number of hydrogen-bond acceptors (Lipinski definition) is 1. The number of hydrogen-bond donors (Lipinski definition) is 0. The number of benzene rings is 1. The Morgan fingerprint density at radius 1 is 1.33 bits per heavy atom. The third-order valence-corrected chi connectivity index (χ3v) is 2.19. The van der Waals surface area contributed by atoms with Crippen molar-refractivity contribution in [2.24, 2.45) is 0 Å². The van der Waals surface area contributed by atoms with Gasteiger partial charge in [0.25, 0.3) is 0 Å². The third kappa shape index (κ3) is 4.57. The molecule has 0 aromatic heterocycles. The minimum atomic E-state index is 0. The lowest BCUT2D eigenvalue weighted by atomic mass is 10.2. The first-order valence-electron chi connectivity index (χ1n) is 3.48. The lowest BCUT2D eigenvalue weighted by Crippen LogP contribution is -3.00. The van der Waals surface area contributed by atoms with Crippen molar-refractivity contribution in [3.05, 3.63) is 35.9 Å². The standard InChI is InChI=1S/C9H10NS.BrH/c1-8(10)11-7-9-5-3-2-4-6-9;/h2-6H,7H2,1H3;1H/q+1;/p-1. The second-order valence-corrected chi connectivity index (χ2v) is 3.46. The molecule has 0 bridgehead atoms. The zero-order chi connectivity index (χ0) is 8.10. The van der Waals surface area contributed by atoms with Crippen molar-refractivity contribution in [1.29, 1.82) is 0 Å². The highest BCUT2D eigenvalue weighted by molar-refractivity contribution is 8.13. The molecule has 1 aromatic carbocycles. The lowest BCUT2D eigenvalue weighted by molar-refractivity contribution is -0.00000243. The molecule has 0 aliphatic rings. The van der Waals surface area contributed by atoms with Crippen molar-refractivity contribution < 1.29 is 17.0 Å². The van der Waals surface area contributed by atoms with Crippen LogP contribution in [0.2, 0.25) is 0 Å². The molecule has 1 nitrogen and oxygen atoms in total. The summed E-state index contributed by atoms with van der Waals surface area (Å²) in [6.07, 6.45) is 0. The van der Waals surface area contributed by atoms with Crippen LogP contribution in [-0.4, -0.2) is 5.04 Å². The van der Waals surface area contributed by atoms with Crippen LogP contribution in [0.1, 0.15) is 12.5 Å². The second-order valence-electron chi connectivity index (χ2n) is 2.29. The van der Waals surface area contributed by atoms with E-state index in [1.807, 2.05) is 18.2 Å². The molecule has 2 radical (unpaired) electrons. The first kappa shape index (κ1) is 11.7. The Balaban J connectivity index is 0.00000121. The molecule has 12 heavy (non-hydrogen) atoms. The van der Waals surface area contributed by atoms with Gasteiger partial charge in [0.2, 0.25) is 0 Å². The van der Waals surface area contributed by atoms with Crippen LogP contribution in [0.4, 0.5) is 0 Å². The van der Waals surface area contributed by atoms with Crippen molar-refractivity contribution in [2.75, 3.05) is 0 Å². The smallest absolute Gasteiger partial charge is 0.431 e. The van der Waals surface area contributed by atoms with Gasteiger partial charge < -0.3 is 17.0 Å². The third-order valence-electron chi connectivity index (χ3n) is 1.29. The molecule has 0 spiro atoms. The molecule has 0 saturated carbocycles. The van der Waals surface area contributed by atoms with Gasteiger partial charge in [0.05, 0.1) is 0 Å². The largest absolute Gasteiger partial charge is 1.00 e. The monoisotopic (exact) mass is 243 g/mol. The predicted molar refractivity (Wildman–Crippen MR) is 50.6 cm³/mol. The summed E-state index contributed by atoms with van der Waals surface area (Å²) in [4.78, 5) is 0. The van der Waals surface area contributed by atoms with Gasteiger partial charge >= 0.3 is 10.5 Å². The minimum absolute atomic E-state index is 0. The van der Waals surface area contributed by atoms with Crippen LogP contribution in [-0.2, 0) is 5.75 Å². The summed E-state index contributed by atoms with van der Waals surface area (Å²) in [5, 5.41) is 9.32. The van der Waals surface area contributed by atoms with Crippen LogP contribution >= 0.6 is 11.8 Å². The molecule has 3 heteroatoms. The topological polar surface area (TPSA) is 22.3 Å². The summed E-state index contributed by atoms with van der Waals surface area (Å²) in [7, 11) is 0. The van der Waals surface area contributed by atoms with Gasteiger partial charge in [-0.25, -0.2) is 0 Å². The summed E-state index contributed by atoms with van der Waals surface area (Å²) < 4.78 is 0. The van der Waals surface area contributed by atoms with Crippen molar-refractivity contribution in [1.82, 2.24) is 5.41 Å². The molecular weight excluding hydrogens is 234 g/mol. The number of rotatable bonds is 2. The van der Waals surface area contributed by atoms with Crippen molar-refractivity contribution in [3.8, 4) is 0 Å². The summed E-state index contributed by atoms with van der Waals surface area (Å²) in [6, 6.07) is 10.1. The minimum Gasteiger partial charge on any atom is -1.00 e. The first-order chi connectivity index (χ1) is 5.29. The Kier molecular flexibility index (Phi) is 6.11. The van der Waals surface area contributed by atoms with Gasteiger partial charge in [0, 0.05) is 12.7 Å². The Hall–Kier alpha value is -0.280. The zero-order valence-corrected chi connectivity index (χ0v) is 9.23. The molecule has 0 amide bonds. The van der Waals surface area contributed by atoms with Gasteiger partial charge in [-0.05, 0) is 17.3 Å². The fourth-order valence-corrected chi connectivity index (χ4v) is 1.33. The van der Waals surface area contributed by atoms with E-state index in [2.05, 4.69) is 12.1 Å². The molecule has 0 aliphatic carbocycles. The number of thioether (sulfide) groups is 1. The molecule has 64 valence electrons. The van der Waals surface area contributed by atoms with Crippen LogP contribution in [0, 0.1) is 0 Å². The highest BCUT2D eigenvalue weighted by atomic mass is 79.9. The Morgan fingerprint density at radius 2 is 1.92 bits per heavy atom. The maximum absolute atomic E-state index is 8.89. The Labute approximate surface area is 87.8 Å². The highest BCUT2D eigenvalue weighted by Crippen LogP contribution is 2.11. The van der Waals surface area contributed by atoms with E-state index in [-0.39, 0.29) is 17.0 Å². The van der Waals surface area contributed by atoms with E-state index in [9.17, 15) is 0 Å². The van der Waals surface area contributed by atoms with Gasteiger partial charge in [-0.3, -0.25) is 0 Å². The quantitative estimate of drug-likeness (QED) is 0.490. The first-order valence-corrected chi connectivity index (χ1v) is 4.47. The Morgan fingerprint density at radius 3 is 2.42 bits per heavy atom. The van der Waals surface area contributed by atoms with Gasteiger partial charge in [-0.1, -0.05) is 30.3 Å². The maximum atomic E-state index is 8.89. The van der Waals surface area contributed by atoms with E-state index in [0.717, 1.165) is 5.75 Å². The van der Waals surface area contributed by atoms with E-state index >= 15 is 0 Å². The highest BCUT2D eigenvalue weighted by Gasteiger charge is 2.02. The van der Waals surface area contributed by atoms with Gasteiger partial charge in [-0.2, -0.15) is 0 Å². The molecule has 0 heterocycles. The van der Waals surface area contributed by atoms with Crippen molar-refractivity contribution >= 4 is 16.8 Å². The van der Waals surface area contributed by atoms with Crippen LogP contribution in [0.15, 0.2) is 30.3 Å². The van der Waals surface area contributed by atoms with Crippen LogP contribution in [0.3, 0.4) is 0 Å². The van der Waals surface area contributed by atoms with E-state index in [4.69, 9.17) is 5.41 Å². The van der Waals surface area contributed by atoms with Crippen LogP contribution in [0.25, 0.3) is 0 Å². The van der Waals surface area contributed by atoms with E-state index in [0.29, 0.717) is 5.04 Å². The number of halogens is 1. The summed E-state index contributed by atoms with van der Waals surface area (Å²) in [5.74, 6) is 0.850. The fraction of sp³-hybridized carbons (Fsp3) is 0.222. The maximum Gasteiger partial charge on any atom is 0.431 e. The molecule has 1 rings (SSSR count). The van der Waals surface area contributed by atoms with Gasteiger partial charge in [0.1, 0.15) is 0 Å². The normalized spacial score (nSPS) is 8.75. The molecule has 0 unspecified atom stereocenters. The van der Waals surface area contributed by atoms with Gasteiger partial charge in [-0.15, -0.1) is 0 Å². The average molecular weight is 244 g/mol. The molecule has 0 N–H and O–H groups in total. The molecule has 0 fully saturated rings. The van der Waals surface area contributed by atoms with Crippen molar-refractivity contribution in [3.63, 3.8) is 0 Å². The SMILES string of the molecule is CC(=[N+])SCc1ccccc1.[Br-]. The van der Waals surface area contributed by atoms with E-state index < -0.39 is 0 Å². The summed E-state index contributed by atoms with van der Waals surface area (Å²) in [5.41, 5.74) is 1.24. The van der Waals surface area contributed by atoms with Crippen LogP contribution < -0.4 is 22.4 Å². The zero-order valence-electron chi connectivity index (χ0n) is 6.83. The molecular formula is C9H10BrNS. The van der Waals surface area contributed by atoms with Gasteiger partial charge in [0.15, 0.2) is 0 Å². The summed E-state index contributed by atoms with van der Waals surface area (Å²) in [6.45, 7) is 1.70. The molecule has 0 saturated heterocycles. The van der Waals surface area contributed by atoms with E-state index in [1.165, 1.54) is 17.3 Å². The molecule has 0 aliphatic heterocycles. The lowest BCUT2D eigenvalue weighted by Gasteiger charge is -1.93. The van der Waals surface area contributed by atoms with E-state index in [1.54, 1.807) is 6.92 Å². The molecule has 1 aromatic rings. The summed E-state index contributed by atoms with van der Waals surface area (Å²) >= 11 is 1.46. The number of nitrogens with zero attached hydrogens (tertiary/aromatic N) is 1. The van der Waals surface area contributed by atoms with Crippen LogP contribution in [0.5, 0.6) is 0 Å². The predicted octanol–water partition coefficient (Wildman–Crippen LogP) is -0.858. The Bertz CT molecular complexity index is 236. The fourth-order valence-electron chi connectivity index (χ4n) is 0.762. The second kappa shape index (κ2) is 6.26. The molecule has 0 atom stereocenters. The van der Waals surface area contributed by atoms with Crippen molar-refractivity contribution in [2.45, 2.75) is 12.7 Å². The average Bonchev–Trinajstić information content (AvgIpc) is 2.03.